The van der Waals surface area contributed by atoms with E-state index in [-0.39, 0.29) is 17.6 Å². The molecule has 0 spiro atoms. The van der Waals surface area contributed by atoms with Crippen molar-refractivity contribution in [3.8, 4) is 11.3 Å². The summed E-state index contributed by atoms with van der Waals surface area (Å²) in [6.45, 7) is 4.40. The van der Waals surface area contributed by atoms with E-state index in [2.05, 4.69) is 47.5 Å². The number of amides is 1. The SMILES string of the molecule is CNC(=O)[C@@H]1CCN(Cc2cc3ccc(F)cc3nc2-c2ccc(C)cc2)C1. The van der Waals surface area contributed by atoms with E-state index in [4.69, 9.17) is 4.98 Å². The largest absolute Gasteiger partial charge is 0.359 e. The van der Waals surface area contributed by atoms with E-state index in [0.29, 0.717) is 5.52 Å². The van der Waals surface area contributed by atoms with Crippen molar-refractivity contribution in [3.05, 3.63) is 65.5 Å². The molecule has 2 aromatic carbocycles. The number of nitrogens with zero attached hydrogens (tertiary/aromatic N) is 2. The number of aryl methyl sites for hydroxylation is 1. The van der Waals surface area contributed by atoms with E-state index < -0.39 is 0 Å². The minimum Gasteiger partial charge on any atom is -0.359 e. The number of fused-ring (bicyclic) bond motifs is 1. The van der Waals surface area contributed by atoms with Gasteiger partial charge in [-0.1, -0.05) is 29.8 Å². The number of carbonyl (C=O) groups is 1. The molecule has 0 bridgehead atoms. The van der Waals surface area contributed by atoms with E-state index >= 15 is 0 Å². The molecule has 1 atom stereocenters. The smallest absolute Gasteiger partial charge is 0.224 e. The molecule has 0 saturated carbocycles. The summed E-state index contributed by atoms with van der Waals surface area (Å²) < 4.78 is 13.7. The molecule has 2 heterocycles. The van der Waals surface area contributed by atoms with Gasteiger partial charge in [0, 0.05) is 37.2 Å². The third-order valence-corrected chi connectivity index (χ3v) is 5.47. The van der Waals surface area contributed by atoms with Crippen molar-refractivity contribution < 1.29 is 9.18 Å². The Labute approximate surface area is 164 Å². The van der Waals surface area contributed by atoms with E-state index in [0.717, 1.165) is 48.3 Å². The number of hydrogen-bond donors (Lipinski definition) is 1. The van der Waals surface area contributed by atoms with Crippen LogP contribution in [0.25, 0.3) is 22.2 Å². The van der Waals surface area contributed by atoms with Crippen molar-refractivity contribution >= 4 is 16.8 Å². The first-order valence-corrected chi connectivity index (χ1v) is 9.63. The van der Waals surface area contributed by atoms with Gasteiger partial charge in [-0.2, -0.15) is 0 Å². The Balaban J connectivity index is 1.71. The van der Waals surface area contributed by atoms with Crippen molar-refractivity contribution in [3.63, 3.8) is 0 Å². The minimum atomic E-state index is -0.282. The predicted molar refractivity (Wildman–Crippen MR) is 109 cm³/mol. The molecular weight excluding hydrogens is 353 g/mol. The summed E-state index contributed by atoms with van der Waals surface area (Å²) >= 11 is 0. The maximum atomic E-state index is 13.7. The van der Waals surface area contributed by atoms with E-state index in [1.165, 1.54) is 17.7 Å². The Morgan fingerprint density at radius 2 is 2.00 bits per heavy atom. The summed E-state index contributed by atoms with van der Waals surface area (Å²) in [4.78, 5) is 19.1. The third-order valence-electron chi connectivity index (χ3n) is 5.47. The first-order valence-electron chi connectivity index (χ1n) is 9.63. The molecule has 4 nitrogen and oxygen atoms in total. The predicted octanol–water partition coefficient (Wildman–Crippen LogP) is 3.92. The lowest BCUT2D eigenvalue weighted by molar-refractivity contribution is -0.124. The lowest BCUT2D eigenvalue weighted by Gasteiger charge is -2.19. The van der Waals surface area contributed by atoms with Crippen molar-refractivity contribution in [2.45, 2.75) is 19.9 Å². The molecule has 1 aromatic heterocycles. The lowest BCUT2D eigenvalue weighted by atomic mass is 10.0. The number of halogens is 1. The molecule has 0 radical (unpaired) electrons. The Morgan fingerprint density at radius 3 is 2.75 bits per heavy atom. The van der Waals surface area contributed by atoms with Crippen LogP contribution in [-0.4, -0.2) is 35.9 Å². The normalized spacial score (nSPS) is 17.2. The summed E-state index contributed by atoms with van der Waals surface area (Å²) in [5.74, 6) is -0.140. The maximum Gasteiger partial charge on any atom is 0.224 e. The van der Waals surface area contributed by atoms with Crippen LogP contribution in [0.5, 0.6) is 0 Å². The Bertz CT molecular complexity index is 1020. The number of likely N-dealkylation sites (tertiary alicyclic amines) is 1. The molecule has 1 saturated heterocycles. The van der Waals surface area contributed by atoms with Crippen LogP contribution in [0.2, 0.25) is 0 Å². The molecule has 144 valence electrons. The highest BCUT2D eigenvalue weighted by Gasteiger charge is 2.28. The fourth-order valence-corrected chi connectivity index (χ4v) is 3.90. The first-order chi connectivity index (χ1) is 13.5. The molecular formula is C23H24FN3O. The fraction of sp³-hybridized carbons (Fsp3) is 0.304. The van der Waals surface area contributed by atoms with Crippen LogP contribution in [-0.2, 0) is 11.3 Å². The highest BCUT2D eigenvalue weighted by atomic mass is 19.1. The molecule has 5 heteroatoms. The molecule has 0 aliphatic carbocycles. The quantitative estimate of drug-likeness (QED) is 0.750. The zero-order valence-corrected chi connectivity index (χ0v) is 16.2. The fourth-order valence-electron chi connectivity index (χ4n) is 3.90. The van der Waals surface area contributed by atoms with Gasteiger partial charge in [0.15, 0.2) is 0 Å². The number of pyridine rings is 1. The number of rotatable bonds is 4. The first kappa shape index (κ1) is 18.6. The van der Waals surface area contributed by atoms with Crippen LogP contribution >= 0.6 is 0 Å². The van der Waals surface area contributed by atoms with Gasteiger partial charge in [-0.15, -0.1) is 0 Å². The Kier molecular flexibility index (Phi) is 5.09. The van der Waals surface area contributed by atoms with Crippen LogP contribution in [0.4, 0.5) is 4.39 Å². The van der Waals surface area contributed by atoms with Crippen LogP contribution in [0.15, 0.2) is 48.5 Å². The Morgan fingerprint density at radius 1 is 1.21 bits per heavy atom. The summed E-state index contributed by atoms with van der Waals surface area (Å²) in [6, 6.07) is 15.1. The average Bonchev–Trinajstić information content (AvgIpc) is 3.16. The number of carbonyl (C=O) groups excluding carboxylic acids is 1. The summed E-state index contributed by atoms with van der Waals surface area (Å²) in [7, 11) is 1.69. The van der Waals surface area contributed by atoms with Gasteiger partial charge in [0.05, 0.1) is 17.1 Å². The van der Waals surface area contributed by atoms with E-state index in [1.54, 1.807) is 13.1 Å². The number of nitrogens with one attached hydrogen (secondary N) is 1. The van der Waals surface area contributed by atoms with Gasteiger partial charge >= 0.3 is 0 Å². The molecule has 3 aromatic rings. The van der Waals surface area contributed by atoms with E-state index in [1.807, 2.05) is 0 Å². The summed E-state index contributed by atoms with van der Waals surface area (Å²) in [5.41, 5.74) is 4.84. The monoisotopic (exact) mass is 377 g/mol. The molecule has 28 heavy (non-hydrogen) atoms. The van der Waals surface area contributed by atoms with Crippen LogP contribution in [0, 0.1) is 18.7 Å². The van der Waals surface area contributed by atoms with Gasteiger partial charge in [0.25, 0.3) is 0 Å². The molecule has 1 fully saturated rings. The standard InChI is InChI=1S/C23H24FN3O/c1-15-3-5-16(6-4-15)22-19(11-17-7-8-20(24)12-21(17)26-22)14-27-10-9-18(13-27)23(28)25-2/h3-8,11-12,18H,9-10,13-14H2,1-2H3,(H,25,28)/t18-/m1/s1. The van der Waals surface area contributed by atoms with Gasteiger partial charge in [-0.05, 0) is 43.7 Å². The highest BCUT2D eigenvalue weighted by molar-refractivity contribution is 5.83. The summed E-state index contributed by atoms with van der Waals surface area (Å²) in [6.07, 6.45) is 0.867. The maximum absolute atomic E-state index is 13.7. The van der Waals surface area contributed by atoms with Gasteiger partial charge in [-0.3, -0.25) is 9.69 Å². The Hall–Kier alpha value is -2.79. The second-order valence-corrected chi connectivity index (χ2v) is 7.53. The van der Waals surface area contributed by atoms with Gasteiger partial charge in [0.2, 0.25) is 5.91 Å². The zero-order valence-electron chi connectivity index (χ0n) is 16.2. The summed E-state index contributed by atoms with van der Waals surface area (Å²) in [5, 5.41) is 3.68. The highest BCUT2D eigenvalue weighted by Crippen LogP contribution is 2.29. The van der Waals surface area contributed by atoms with Crippen molar-refractivity contribution in [2.75, 3.05) is 20.1 Å². The second-order valence-electron chi connectivity index (χ2n) is 7.53. The molecule has 1 amide bonds. The third kappa shape index (κ3) is 3.76. The second kappa shape index (κ2) is 7.68. The van der Waals surface area contributed by atoms with Crippen LogP contribution < -0.4 is 5.32 Å². The topological polar surface area (TPSA) is 45.2 Å². The lowest BCUT2D eigenvalue weighted by Crippen LogP contribution is -2.30. The average molecular weight is 377 g/mol. The van der Waals surface area contributed by atoms with Crippen molar-refractivity contribution in [2.24, 2.45) is 5.92 Å². The molecule has 1 aliphatic heterocycles. The molecule has 4 rings (SSSR count). The van der Waals surface area contributed by atoms with Gasteiger partial charge < -0.3 is 5.32 Å². The van der Waals surface area contributed by atoms with Gasteiger partial charge in [0.1, 0.15) is 5.82 Å². The van der Waals surface area contributed by atoms with Crippen LogP contribution in [0.3, 0.4) is 0 Å². The molecule has 0 unspecified atom stereocenters. The number of benzene rings is 2. The zero-order chi connectivity index (χ0) is 19.7. The number of hydrogen-bond acceptors (Lipinski definition) is 3. The van der Waals surface area contributed by atoms with Crippen molar-refractivity contribution in [1.82, 2.24) is 15.2 Å². The number of aromatic nitrogens is 1. The van der Waals surface area contributed by atoms with E-state index in [9.17, 15) is 9.18 Å². The van der Waals surface area contributed by atoms with Gasteiger partial charge in [-0.25, -0.2) is 9.37 Å². The van der Waals surface area contributed by atoms with Crippen LogP contribution in [0.1, 0.15) is 17.5 Å². The van der Waals surface area contributed by atoms with Crippen molar-refractivity contribution in [1.29, 1.82) is 0 Å². The minimum absolute atomic E-state index is 0.0373. The molecule has 1 N–H and O–H groups in total. The molecule has 1 aliphatic rings.